The fraction of sp³-hybridized carbons (Fsp3) is 0.375. The highest BCUT2D eigenvalue weighted by Crippen LogP contribution is 2.18. The second kappa shape index (κ2) is 4.42. The van der Waals surface area contributed by atoms with Crippen molar-refractivity contribution < 1.29 is 12.8 Å². The average Bonchev–Trinajstić information content (AvgIpc) is 2.15. The first-order valence-electron chi connectivity index (χ1n) is 4.18. The molecule has 1 aromatic rings. The highest BCUT2D eigenvalue weighted by Gasteiger charge is 2.24. The third kappa shape index (κ3) is 2.45. The van der Waals surface area contributed by atoms with Gasteiger partial charge in [-0.3, -0.25) is 0 Å². The number of pyridine rings is 1. The van der Waals surface area contributed by atoms with E-state index in [0.717, 1.165) is 10.4 Å². The molecule has 0 unspecified atom stereocenters. The fourth-order valence-corrected chi connectivity index (χ4v) is 2.24. The van der Waals surface area contributed by atoms with Crippen LogP contribution in [0.5, 0.6) is 0 Å². The normalized spacial score (nSPS) is 12.1. The zero-order valence-corrected chi connectivity index (χ0v) is 9.81. The van der Waals surface area contributed by atoms with Crippen molar-refractivity contribution >= 4 is 21.6 Å². The molecule has 0 aliphatic rings. The SMILES string of the molecule is CCN(C)S(=O)(=O)c1ccc(Cl)nc1F. The molecule has 0 aliphatic heterocycles. The minimum absolute atomic E-state index is 0.0781. The van der Waals surface area contributed by atoms with Crippen molar-refractivity contribution in [3.05, 3.63) is 23.2 Å². The van der Waals surface area contributed by atoms with Gasteiger partial charge in [0, 0.05) is 13.6 Å². The third-order valence-electron chi connectivity index (χ3n) is 1.91. The molecule has 1 rings (SSSR count). The van der Waals surface area contributed by atoms with Crippen molar-refractivity contribution in [1.29, 1.82) is 0 Å². The Balaban J connectivity index is 3.28. The maximum atomic E-state index is 13.2. The Hall–Kier alpha value is -0.720. The van der Waals surface area contributed by atoms with Crippen molar-refractivity contribution in [1.82, 2.24) is 9.29 Å². The standard InChI is InChI=1S/C8H10ClFN2O2S/c1-3-12(2)15(13,14)6-4-5-7(9)11-8(6)10/h4-5H,3H2,1-2H3. The van der Waals surface area contributed by atoms with Gasteiger partial charge < -0.3 is 0 Å². The van der Waals surface area contributed by atoms with E-state index < -0.39 is 20.9 Å². The van der Waals surface area contributed by atoms with Crippen molar-refractivity contribution in [3.63, 3.8) is 0 Å². The van der Waals surface area contributed by atoms with E-state index in [0.29, 0.717) is 0 Å². The Morgan fingerprint density at radius 3 is 2.60 bits per heavy atom. The Morgan fingerprint density at radius 1 is 1.53 bits per heavy atom. The van der Waals surface area contributed by atoms with Crippen LogP contribution >= 0.6 is 11.6 Å². The van der Waals surface area contributed by atoms with Crippen LogP contribution in [0.25, 0.3) is 0 Å². The molecule has 84 valence electrons. The van der Waals surface area contributed by atoms with Gasteiger partial charge in [0.2, 0.25) is 16.0 Å². The van der Waals surface area contributed by atoms with Crippen LogP contribution in [-0.2, 0) is 10.0 Å². The number of nitrogens with zero attached hydrogens (tertiary/aromatic N) is 2. The molecule has 0 saturated carbocycles. The molecule has 7 heteroatoms. The molecule has 0 fully saturated rings. The van der Waals surface area contributed by atoms with Crippen LogP contribution in [0.4, 0.5) is 4.39 Å². The summed E-state index contributed by atoms with van der Waals surface area (Å²) in [6, 6.07) is 2.34. The van der Waals surface area contributed by atoms with Gasteiger partial charge in [0.05, 0.1) is 0 Å². The maximum Gasteiger partial charge on any atom is 0.247 e. The van der Waals surface area contributed by atoms with E-state index in [1.807, 2.05) is 0 Å². The Morgan fingerprint density at radius 2 is 2.13 bits per heavy atom. The van der Waals surface area contributed by atoms with Gasteiger partial charge in [0.25, 0.3) is 0 Å². The number of halogens is 2. The summed E-state index contributed by atoms with van der Waals surface area (Å²) in [5, 5.41) is -0.0781. The van der Waals surface area contributed by atoms with Crippen LogP contribution in [0, 0.1) is 5.95 Å². The molecule has 0 aromatic carbocycles. The average molecular weight is 253 g/mol. The maximum absolute atomic E-state index is 13.2. The molecule has 15 heavy (non-hydrogen) atoms. The topological polar surface area (TPSA) is 50.3 Å². The minimum atomic E-state index is -3.80. The summed E-state index contributed by atoms with van der Waals surface area (Å²) < 4.78 is 37.7. The van der Waals surface area contributed by atoms with Crippen molar-refractivity contribution in [3.8, 4) is 0 Å². The second-order valence-electron chi connectivity index (χ2n) is 2.84. The lowest BCUT2D eigenvalue weighted by atomic mass is 10.5. The van der Waals surface area contributed by atoms with Crippen LogP contribution in [0.1, 0.15) is 6.92 Å². The molecule has 0 amide bonds. The zero-order chi connectivity index (χ0) is 11.6. The summed E-state index contributed by atoms with van der Waals surface area (Å²) in [4.78, 5) is 2.79. The van der Waals surface area contributed by atoms with Crippen LogP contribution in [0.3, 0.4) is 0 Å². The van der Waals surface area contributed by atoms with Gasteiger partial charge in [-0.15, -0.1) is 0 Å². The fourth-order valence-electron chi connectivity index (χ4n) is 0.930. The van der Waals surface area contributed by atoms with Crippen molar-refractivity contribution in [2.24, 2.45) is 0 Å². The van der Waals surface area contributed by atoms with E-state index in [2.05, 4.69) is 4.98 Å². The smallest absolute Gasteiger partial charge is 0.207 e. The van der Waals surface area contributed by atoms with Gasteiger partial charge in [-0.05, 0) is 12.1 Å². The summed E-state index contributed by atoms with van der Waals surface area (Å²) in [6.07, 6.45) is 0. The molecule has 0 aliphatic carbocycles. The van der Waals surface area contributed by atoms with E-state index in [4.69, 9.17) is 11.6 Å². The van der Waals surface area contributed by atoms with Crippen LogP contribution in [-0.4, -0.2) is 31.3 Å². The predicted molar refractivity (Wildman–Crippen MR) is 54.7 cm³/mol. The highest BCUT2D eigenvalue weighted by atomic mass is 35.5. The molecule has 1 aromatic heterocycles. The molecule has 0 spiro atoms. The summed E-state index contributed by atoms with van der Waals surface area (Å²) in [7, 11) is -2.43. The predicted octanol–water partition coefficient (Wildman–Crippen LogP) is 1.51. The van der Waals surface area contributed by atoms with Crippen LogP contribution in [0.2, 0.25) is 5.15 Å². The first-order valence-corrected chi connectivity index (χ1v) is 5.99. The van der Waals surface area contributed by atoms with Gasteiger partial charge >= 0.3 is 0 Å². The quantitative estimate of drug-likeness (QED) is 0.767. The van der Waals surface area contributed by atoms with Gasteiger partial charge in [-0.25, -0.2) is 17.7 Å². The van der Waals surface area contributed by atoms with Gasteiger partial charge in [0.1, 0.15) is 10.0 Å². The van der Waals surface area contributed by atoms with E-state index in [9.17, 15) is 12.8 Å². The molecule has 0 atom stereocenters. The van der Waals surface area contributed by atoms with E-state index in [1.54, 1.807) is 6.92 Å². The Kier molecular flexibility index (Phi) is 3.64. The largest absolute Gasteiger partial charge is 0.247 e. The van der Waals surface area contributed by atoms with E-state index in [1.165, 1.54) is 13.1 Å². The minimum Gasteiger partial charge on any atom is -0.207 e. The van der Waals surface area contributed by atoms with Crippen LogP contribution in [0.15, 0.2) is 17.0 Å². The number of aromatic nitrogens is 1. The monoisotopic (exact) mass is 252 g/mol. The lowest BCUT2D eigenvalue weighted by Gasteiger charge is -2.14. The van der Waals surface area contributed by atoms with Gasteiger partial charge in [0.15, 0.2) is 0 Å². The molecule has 0 saturated heterocycles. The van der Waals surface area contributed by atoms with Crippen molar-refractivity contribution in [2.45, 2.75) is 11.8 Å². The third-order valence-corrected chi connectivity index (χ3v) is 4.06. The molecular formula is C8H10ClFN2O2S. The lowest BCUT2D eigenvalue weighted by Crippen LogP contribution is -2.27. The molecule has 4 nitrogen and oxygen atoms in total. The summed E-state index contributed by atoms with van der Waals surface area (Å²) >= 11 is 5.42. The van der Waals surface area contributed by atoms with E-state index >= 15 is 0 Å². The number of hydrogen-bond acceptors (Lipinski definition) is 3. The molecule has 0 N–H and O–H groups in total. The van der Waals surface area contributed by atoms with Gasteiger partial charge in [-0.2, -0.15) is 4.39 Å². The molecule has 0 bridgehead atoms. The van der Waals surface area contributed by atoms with Gasteiger partial charge in [-0.1, -0.05) is 18.5 Å². The molecule has 1 heterocycles. The summed E-state index contributed by atoms with van der Waals surface area (Å²) in [6.45, 7) is 1.91. The Labute approximate surface area is 92.7 Å². The van der Waals surface area contributed by atoms with E-state index in [-0.39, 0.29) is 11.7 Å². The number of sulfonamides is 1. The first kappa shape index (κ1) is 12.4. The number of rotatable bonds is 3. The summed E-state index contributed by atoms with van der Waals surface area (Å²) in [5.74, 6) is -1.08. The second-order valence-corrected chi connectivity index (χ2v) is 5.24. The lowest BCUT2D eigenvalue weighted by molar-refractivity contribution is 0.472. The first-order chi connectivity index (χ1) is 6.89. The zero-order valence-electron chi connectivity index (χ0n) is 8.24. The molecule has 0 radical (unpaired) electrons. The number of hydrogen-bond donors (Lipinski definition) is 0. The Bertz CT molecular complexity index is 464. The molecular weight excluding hydrogens is 243 g/mol. The highest BCUT2D eigenvalue weighted by molar-refractivity contribution is 7.89. The summed E-state index contributed by atoms with van der Waals surface area (Å²) in [5.41, 5.74) is 0. The van der Waals surface area contributed by atoms with Crippen molar-refractivity contribution in [2.75, 3.05) is 13.6 Å². The van der Waals surface area contributed by atoms with Crippen LogP contribution < -0.4 is 0 Å².